The number of nitrogens with two attached hydrogens (primary N) is 1. The number of carbonyl (C=O) groups excluding carboxylic acids is 1. The van der Waals surface area contributed by atoms with Gasteiger partial charge in [0.1, 0.15) is 0 Å². The molecule has 1 aliphatic heterocycles. The maximum absolute atomic E-state index is 11.8. The van der Waals surface area contributed by atoms with E-state index < -0.39 is 0 Å². The van der Waals surface area contributed by atoms with Gasteiger partial charge in [-0.25, -0.2) is 0 Å². The SMILES string of the molecule is CC(C)CCNC(=O)CN1CCC(C)C(CN)C1. The number of likely N-dealkylation sites (tertiary alicyclic amines) is 1. The number of amides is 1. The summed E-state index contributed by atoms with van der Waals surface area (Å²) in [5.41, 5.74) is 5.77. The molecule has 4 nitrogen and oxygen atoms in total. The second-order valence-corrected chi connectivity index (χ2v) is 6.03. The molecule has 18 heavy (non-hydrogen) atoms. The number of rotatable bonds is 6. The molecule has 2 atom stereocenters. The van der Waals surface area contributed by atoms with Crippen LogP contribution < -0.4 is 11.1 Å². The van der Waals surface area contributed by atoms with Crippen LogP contribution in [0.15, 0.2) is 0 Å². The smallest absolute Gasteiger partial charge is 0.234 e. The van der Waals surface area contributed by atoms with Gasteiger partial charge in [0.2, 0.25) is 5.91 Å². The highest BCUT2D eigenvalue weighted by molar-refractivity contribution is 5.77. The first-order chi connectivity index (χ1) is 8.52. The molecule has 3 N–H and O–H groups in total. The van der Waals surface area contributed by atoms with Crippen LogP contribution in [0.5, 0.6) is 0 Å². The van der Waals surface area contributed by atoms with Gasteiger partial charge in [-0.1, -0.05) is 20.8 Å². The molecule has 0 bridgehead atoms. The summed E-state index contributed by atoms with van der Waals surface area (Å²) >= 11 is 0. The molecule has 0 aromatic carbocycles. The van der Waals surface area contributed by atoms with Crippen LogP contribution in [0.1, 0.15) is 33.6 Å². The van der Waals surface area contributed by atoms with Crippen molar-refractivity contribution >= 4 is 5.91 Å². The molecule has 0 radical (unpaired) electrons. The maximum atomic E-state index is 11.8. The number of hydrogen-bond acceptors (Lipinski definition) is 3. The van der Waals surface area contributed by atoms with Gasteiger partial charge in [0.25, 0.3) is 0 Å². The zero-order valence-electron chi connectivity index (χ0n) is 12.1. The molecular weight excluding hydrogens is 226 g/mol. The zero-order chi connectivity index (χ0) is 13.5. The van der Waals surface area contributed by atoms with Crippen molar-refractivity contribution in [2.45, 2.75) is 33.6 Å². The molecule has 1 heterocycles. The Hall–Kier alpha value is -0.610. The van der Waals surface area contributed by atoms with Crippen molar-refractivity contribution in [3.63, 3.8) is 0 Å². The molecule has 1 rings (SSSR count). The highest BCUT2D eigenvalue weighted by atomic mass is 16.2. The molecule has 0 saturated carbocycles. The molecule has 106 valence electrons. The first-order valence-corrected chi connectivity index (χ1v) is 7.22. The molecule has 1 amide bonds. The maximum Gasteiger partial charge on any atom is 0.234 e. The summed E-state index contributed by atoms with van der Waals surface area (Å²) in [5.74, 6) is 2.03. The Bertz CT molecular complexity index is 255. The quantitative estimate of drug-likeness (QED) is 0.746. The molecule has 0 spiro atoms. The highest BCUT2D eigenvalue weighted by Gasteiger charge is 2.25. The molecule has 1 aliphatic rings. The standard InChI is InChI=1S/C14H29N3O/c1-11(2)4-6-16-14(18)10-17-7-5-12(3)13(8-15)9-17/h11-13H,4-10,15H2,1-3H3,(H,16,18). The fraction of sp³-hybridized carbons (Fsp3) is 0.929. The van der Waals surface area contributed by atoms with E-state index in [1.54, 1.807) is 0 Å². The van der Waals surface area contributed by atoms with E-state index in [0.29, 0.717) is 24.3 Å². The van der Waals surface area contributed by atoms with E-state index in [4.69, 9.17) is 5.73 Å². The Morgan fingerprint density at radius 2 is 2.22 bits per heavy atom. The van der Waals surface area contributed by atoms with Gasteiger partial charge in [-0.2, -0.15) is 0 Å². The lowest BCUT2D eigenvalue weighted by atomic mass is 9.87. The van der Waals surface area contributed by atoms with Crippen LogP contribution in [0.4, 0.5) is 0 Å². The average molecular weight is 255 g/mol. The third kappa shape index (κ3) is 5.36. The van der Waals surface area contributed by atoms with E-state index in [-0.39, 0.29) is 5.91 Å². The number of nitrogens with zero attached hydrogens (tertiary/aromatic N) is 1. The summed E-state index contributed by atoms with van der Waals surface area (Å²) < 4.78 is 0. The minimum absolute atomic E-state index is 0.154. The van der Waals surface area contributed by atoms with E-state index in [2.05, 4.69) is 31.0 Å². The van der Waals surface area contributed by atoms with E-state index in [0.717, 1.165) is 39.0 Å². The molecule has 0 aliphatic carbocycles. The molecule has 4 heteroatoms. The molecule has 0 aromatic heterocycles. The van der Waals surface area contributed by atoms with Crippen molar-refractivity contribution in [1.29, 1.82) is 0 Å². The van der Waals surface area contributed by atoms with Crippen molar-refractivity contribution < 1.29 is 4.79 Å². The second kappa shape index (κ2) is 7.74. The highest BCUT2D eigenvalue weighted by Crippen LogP contribution is 2.21. The normalized spacial score (nSPS) is 25.4. The first-order valence-electron chi connectivity index (χ1n) is 7.22. The molecule has 2 unspecified atom stereocenters. The molecule has 1 fully saturated rings. The van der Waals surface area contributed by atoms with Crippen LogP contribution in [0.25, 0.3) is 0 Å². The second-order valence-electron chi connectivity index (χ2n) is 6.03. The van der Waals surface area contributed by atoms with E-state index in [9.17, 15) is 4.79 Å². The van der Waals surface area contributed by atoms with Crippen molar-refractivity contribution in [2.24, 2.45) is 23.5 Å². The van der Waals surface area contributed by atoms with Crippen LogP contribution in [-0.2, 0) is 4.79 Å². The third-order valence-electron chi connectivity index (χ3n) is 3.91. The van der Waals surface area contributed by atoms with Gasteiger partial charge in [-0.15, -0.1) is 0 Å². The summed E-state index contributed by atoms with van der Waals surface area (Å²) in [6.07, 6.45) is 2.20. The average Bonchev–Trinajstić information content (AvgIpc) is 2.31. The summed E-state index contributed by atoms with van der Waals surface area (Å²) in [5, 5.41) is 2.99. The van der Waals surface area contributed by atoms with E-state index >= 15 is 0 Å². The van der Waals surface area contributed by atoms with Gasteiger partial charge in [-0.3, -0.25) is 9.69 Å². The summed E-state index contributed by atoms with van der Waals surface area (Å²) in [7, 11) is 0. The van der Waals surface area contributed by atoms with Gasteiger partial charge in [0, 0.05) is 13.1 Å². The first kappa shape index (κ1) is 15.4. The van der Waals surface area contributed by atoms with Crippen molar-refractivity contribution in [3.05, 3.63) is 0 Å². The monoisotopic (exact) mass is 255 g/mol. The zero-order valence-corrected chi connectivity index (χ0v) is 12.1. The van der Waals surface area contributed by atoms with Gasteiger partial charge >= 0.3 is 0 Å². The Morgan fingerprint density at radius 1 is 1.50 bits per heavy atom. The van der Waals surface area contributed by atoms with Gasteiger partial charge in [0.15, 0.2) is 0 Å². The van der Waals surface area contributed by atoms with Crippen molar-refractivity contribution in [1.82, 2.24) is 10.2 Å². The Kier molecular flexibility index (Phi) is 6.65. The number of hydrogen-bond donors (Lipinski definition) is 2. The Morgan fingerprint density at radius 3 is 2.83 bits per heavy atom. The lowest BCUT2D eigenvalue weighted by molar-refractivity contribution is -0.122. The van der Waals surface area contributed by atoms with Crippen LogP contribution >= 0.6 is 0 Å². The van der Waals surface area contributed by atoms with Crippen molar-refractivity contribution in [3.8, 4) is 0 Å². The van der Waals surface area contributed by atoms with Gasteiger partial charge in [0.05, 0.1) is 6.54 Å². The third-order valence-corrected chi connectivity index (χ3v) is 3.91. The number of nitrogens with one attached hydrogen (secondary N) is 1. The number of piperidine rings is 1. The van der Waals surface area contributed by atoms with Gasteiger partial charge in [-0.05, 0) is 43.7 Å². The van der Waals surface area contributed by atoms with Crippen LogP contribution in [-0.4, -0.2) is 43.5 Å². The number of carbonyl (C=O) groups is 1. The van der Waals surface area contributed by atoms with Gasteiger partial charge < -0.3 is 11.1 Å². The predicted octanol–water partition coefficient (Wildman–Crippen LogP) is 1.07. The summed E-state index contributed by atoms with van der Waals surface area (Å²) in [6, 6.07) is 0. The minimum Gasteiger partial charge on any atom is -0.355 e. The van der Waals surface area contributed by atoms with E-state index in [1.165, 1.54) is 0 Å². The predicted molar refractivity (Wildman–Crippen MR) is 75.2 cm³/mol. The summed E-state index contributed by atoms with van der Waals surface area (Å²) in [4.78, 5) is 14.0. The largest absolute Gasteiger partial charge is 0.355 e. The summed E-state index contributed by atoms with van der Waals surface area (Å²) in [6.45, 7) is 10.6. The molecular formula is C14H29N3O. The fourth-order valence-electron chi connectivity index (χ4n) is 2.43. The lowest BCUT2D eigenvalue weighted by Crippen LogP contribution is -2.46. The molecule has 1 saturated heterocycles. The lowest BCUT2D eigenvalue weighted by Gasteiger charge is -2.36. The Labute approximate surface area is 111 Å². The van der Waals surface area contributed by atoms with Crippen molar-refractivity contribution in [2.75, 3.05) is 32.7 Å². The fourth-order valence-corrected chi connectivity index (χ4v) is 2.43. The van der Waals surface area contributed by atoms with Crippen LogP contribution in [0.3, 0.4) is 0 Å². The Balaban J connectivity index is 2.23. The van der Waals surface area contributed by atoms with Crippen LogP contribution in [0.2, 0.25) is 0 Å². The van der Waals surface area contributed by atoms with E-state index in [1.807, 2.05) is 0 Å². The topological polar surface area (TPSA) is 58.4 Å². The minimum atomic E-state index is 0.154. The van der Waals surface area contributed by atoms with Crippen LogP contribution in [0, 0.1) is 17.8 Å². The molecule has 0 aromatic rings.